The van der Waals surface area contributed by atoms with Crippen LogP contribution in [0.1, 0.15) is 22.8 Å². The predicted molar refractivity (Wildman–Crippen MR) is 88.5 cm³/mol. The fourth-order valence-corrected chi connectivity index (χ4v) is 2.36. The fourth-order valence-electron chi connectivity index (χ4n) is 1.82. The van der Waals surface area contributed by atoms with Crippen molar-refractivity contribution in [2.24, 2.45) is 5.10 Å². The van der Waals surface area contributed by atoms with Crippen molar-refractivity contribution < 1.29 is 14.6 Å². The lowest BCUT2D eigenvalue weighted by atomic mass is 10.1. The molecular formula is C16H15BrN2O3. The molecule has 1 amide bonds. The molecular weight excluding hydrogens is 348 g/mol. The molecule has 0 saturated carbocycles. The van der Waals surface area contributed by atoms with Crippen LogP contribution in [0.2, 0.25) is 0 Å². The first-order chi connectivity index (χ1) is 10.5. The van der Waals surface area contributed by atoms with Crippen LogP contribution in [0.25, 0.3) is 0 Å². The van der Waals surface area contributed by atoms with Crippen LogP contribution in [0.4, 0.5) is 0 Å². The van der Waals surface area contributed by atoms with Gasteiger partial charge >= 0.3 is 0 Å². The molecule has 0 atom stereocenters. The van der Waals surface area contributed by atoms with E-state index in [1.807, 2.05) is 18.2 Å². The molecule has 0 spiro atoms. The SMILES string of the molecule is COc1ccc(/C(C)=N\NC(=O)c2ccccc2O)cc1Br. The molecule has 114 valence electrons. The number of benzene rings is 2. The summed E-state index contributed by atoms with van der Waals surface area (Å²) in [4.78, 5) is 12.0. The van der Waals surface area contributed by atoms with Crippen molar-refractivity contribution in [1.29, 1.82) is 0 Å². The van der Waals surface area contributed by atoms with Gasteiger partial charge in [-0.05, 0) is 58.7 Å². The first-order valence-corrected chi connectivity index (χ1v) is 7.28. The lowest BCUT2D eigenvalue weighted by molar-refractivity contribution is 0.0952. The molecule has 0 radical (unpaired) electrons. The van der Waals surface area contributed by atoms with Crippen LogP contribution in [-0.4, -0.2) is 23.8 Å². The van der Waals surface area contributed by atoms with Gasteiger partial charge in [0.05, 0.1) is 22.9 Å². The predicted octanol–water partition coefficient (Wildman–Crippen LogP) is 3.32. The average Bonchev–Trinajstić information content (AvgIpc) is 2.52. The van der Waals surface area contributed by atoms with E-state index in [0.717, 1.165) is 15.8 Å². The number of hydrogen-bond donors (Lipinski definition) is 2. The van der Waals surface area contributed by atoms with E-state index in [1.54, 1.807) is 26.2 Å². The summed E-state index contributed by atoms with van der Waals surface area (Å²) in [6.07, 6.45) is 0. The molecule has 6 heteroatoms. The van der Waals surface area contributed by atoms with Gasteiger partial charge in [-0.1, -0.05) is 12.1 Å². The number of phenolic OH excluding ortho intramolecular Hbond substituents is 1. The lowest BCUT2D eigenvalue weighted by Crippen LogP contribution is -2.19. The molecule has 2 aromatic rings. The molecule has 0 bridgehead atoms. The van der Waals surface area contributed by atoms with Gasteiger partial charge < -0.3 is 9.84 Å². The summed E-state index contributed by atoms with van der Waals surface area (Å²) in [5.41, 5.74) is 4.07. The highest BCUT2D eigenvalue weighted by atomic mass is 79.9. The number of amides is 1. The Kier molecular flexibility index (Phi) is 5.16. The summed E-state index contributed by atoms with van der Waals surface area (Å²) < 4.78 is 5.96. The Hall–Kier alpha value is -2.34. The second-order valence-corrected chi connectivity index (χ2v) is 5.36. The summed E-state index contributed by atoms with van der Waals surface area (Å²) in [5.74, 6) is 0.167. The van der Waals surface area contributed by atoms with Crippen molar-refractivity contribution in [1.82, 2.24) is 5.43 Å². The summed E-state index contributed by atoms with van der Waals surface area (Å²) in [6.45, 7) is 1.78. The van der Waals surface area contributed by atoms with Gasteiger partial charge in [-0.25, -0.2) is 5.43 Å². The summed E-state index contributed by atoms with van der Waals surface area (Å²) in [7, 11) is 1.59. The highest BCUT2D eigenvalue weighted by Gasteiger charge is 2.10. The summed E-state index contributed by atoms with van der Waals surface area (Å²) >= 11 is 3.40. The number of ether oxygens (including phenoxy) is 1. The van der Waals surface area contributed by atoms with Gasteiger partial charge in [0.1, 0.15) is 11.5 Å². The topological polar surface area (TPSA) is 70.9 Å². The van der Waals surface area contributed by atoms with Gasteiger partial charge in [0, 0.05) is 0 Å². The number of halogens is 1. The zero-order valence-electron chi connectivity index (χ0n) is 12.1. The third-order valence-electron chi connectivity index (χ3n) is 3.04. The van der Waals surface area contributed by atoms with Gasteiger partial charge in [0.2, 0.25) is 0 Å². The van der Waals surface area contributed by atoms with Crippen LogP contribution in [0.3, 0.4) is 0 Å². The van der Waals surface area contributed by atoms with Crippen LogP contribution in [-0.2, 0) is 0 Å². The quantitative estimate of drug-likeness (QED) is 0.647. The Labute approximate surface area is 136 Å². The highest BCUT2D eigenvalue weighted by molar-refractivity contribution is 9.10. The Bertz CT molecular complexity index is 729. The number of carbonyl (C=O) groups is 1. The first kappa shape index (κ1) is 16.0. The first-order valence-electron chi connectivity index (χ1n) is 6.49. The van der Waals surface area contributed by atoms with E-state index in [-0.39, 0.29) is 11.3 Å². The van der Waals surface area contributed by atoms with Crippen molar-refractivity contribution >= 4 is 27.5 Å². The Morgan fingerprint density at radius 3 is 2.64 bits per heavy atom. The number of rotatable bonds is 4. The van der Waals surface area contributed by atoms with Crippen LogP contribution < -0.4 is 10.2 Å². The van der Waals surface area contributed by atoms with Gasteiger partial charge in [-0.2, -0.15) is 5.10 Å². The van der Waals surface area contributed by atoms with Gasteiger partial charge in [0.15, 0.2) is 0 Å². The lowest BCUT2D eigenvalue weighted by Gasteiger charge is -2.07. The number of hydrazone groups is 1. The minimum Gasteiger partial charge on any atom is -0.507 e. The van der Waals surface area contributed by atoms with Crippen molar-refractivity contribution in [2.75, 3.05) is 7.11 Å². The molecule has 0 aliphatic rings. The second kappa shape index (κ2) is 7.09. The number of hydrogen-bond acceptors (Lipinski definition) is 4. The van der Waals surface area contributed by atoms with Gasteiger partial charge in [0.25, 0.3) is 5.91 Å². The maximum Gasteiger partial charge on any atom is 0.275 e. The Morgan fingerprint density at radius 1 is 1.27 bits per heavy atom. The standard InChI is InChI=1S/C16H15BrN2O3/c1-10(11-7-8-15(22-2)13(17)9-11)18-19-16(21)12-5-3-4-6-14(12)20/h3-9,20H,1-2H3,(H,19,21)/b18-10-. The van der Waals surface area contributed by atoms with E-state index in [2.05, 4.69) is 26.5 Å². The molecule has 0 fully saturated rings. The molecule has 0 heterocycles. The number of nitrogens with one attached hydrogen (secondary N) is 1. The van der Waals surface area contributed by atoms with Crippen molar-refractivity contribution in [3.8, 4) is 11.5 Å². The summed E-state index contributed by atoms with van der Waals surface area (Å²) in [5, 5.41) is 13.7. The smallest absolute Gasteiger partial charge is 0.275 e. The average molecular weight is 363 g/mol. The number of para-hydroxylation sites is 1. The van der Waals surface area contributed by atoms with Crippen molar-refractivity contribution in [3.63, 3.8) is 0 Å². The minimum absolute atomic E-state index is 0.0833. The normalized spacial score (nSPS) is 11.1. The maximum absolute atomic E-state index is 12.0. The molecule has 0 aliphatic carbocycles. The molecule has 0 saturated heterocycles. The molecule has 0 aliphatic heterocycles. The number of nitrogens with zero attached hydrogens (tertiary/aromatic N) is 1. The van der Waals surface area contributed by atoms with Crippen LogP contribution in [0.5, 0.6) is 11.5 Å². The molecule has 2 rings (SSSR count). The van der Waals surface area contributed by atoms with E-state index >= 15 is 0 Å². The second-order valence-electron chi connectivity index (χ2n) is 4.50. The van der Waals surface area contributed by atoms with E-state index in [4.69, 9.17) is 4.74 Å². The Morgan fingerprint density at radius 2 is 2.00 bits per heavy atom. The van der Waals surface area contributed by atoms with Crippen molar-refractivity contribution in [3.05, 3.63) is 58.1 Å². The molecule has 0 unspecified atom stereocenters. The monoisotopic (exact) mass is 362 g/mol. The van der Waals surface area contributed by atoms with Gasteiger partial charge in [-0.3, -0.25) is 4.79 Å². The molecule has 5 nitrogen and oxygen atoms in total. The fraction of sp³-hybridized carbons (Fsp3) is 0.125. The van der Waals surface area contributed by atoms with Crippen LogP contribution in [0.15, 0.2) is 52.0 Å². The van der Waals surface area contributed by atoms with E-state index in [9.17, 15) is 9.90 Å². The van der Waals surface area contributed by atoms with Gasteiger partial charge in [-0.15, -0.1) is 0 Å². The molecule has 2 aromatic carbocycles. The largest absolute Gasteiger partial charge is 0.507 e. The molecule has 2 N–H and O–H groups in total. The number of phenols is 1. The van der Waals surface area contributed by atoms with E-state index in [1.165, 1.54) is 12.1 Å². The number of aromatic hydroxyl groups is 1. The van der Waals surface area contributed by atoms with Crippen LogP contribution in [0, 0.1) is 0 Å². The Balaban J connectivity index is 2.14. The zero-order valence-corrected chi connectivity index (χ0v) is 13.7. The third kappa shape index (κ3) is 3.65. The third-order valence-corrected chi connectivity index (χ3v) is 3.66. The van der Waals surface area contributed by atoms with E-state index in [0.29, 0.717) is 5.71 Å². The zero-order chi connectivity index (χ0) is 16.1. The van der Waals surface area contributed by atoms with Crippen LogP contribution >= 0.6 is 15.9 Å². The number of methoxy groups -OCH3 is 1. The molecule has 0 aromatic heterocycles. The summed E-state index contributed by atoms with van der Waals surface area (Å²) in [6, 6.07) is 11.8. The highest BCUT2D eigenvalue weighted by Crippen LogP contribution is 2.25. The van der Waals surface area contributed by atoms with E-state index < -0.39 is 5.91 Å². The minimum atomic E-state index is -0.468. The maximum atomic E-state index is 12.0. The van der Waals surface area contributed by atoms with Crippen molar-refractivity contribution in [2.45, 2.75) is 6.92 Å². The number of carbonyl (C=O) groups excluding carboxylic acids is 1. The molecule has 22 heavy (non-hydrogen) atoms.